The van der Waals surface area contributed by atoms with Crippen molar-refractivity contribution in [2.45, 2.75) is 18.8 Å². The number of hydrogen-bond acceptors (Lipinski definition) is 0. The van der Waals surface area contributed by atoms with E-state index < -0.39 is 0 Å². The molecule has 39 heavy (non-hydrogen) atoms. The molecule has 0 saturated carbocycles. The van der Waals surface area contributed by atoms with Gasteiger partial charge in [0, 0.05) is 0 Å². The second-order valence-corrected chi connectivity index (χ2v) is 10.6. The van der Waals surface area contributed by atoms with E-state index in [1.54, 1.807) is 0 Å². The number of rotatable bonds is 5. The molecule has 0 N–H and O–H groups in total. The van der Waals surface area contributed by atoms with E-state index >= 15 is 0 Å². The van der Waals surface area contributed by atoms with Crippen LogP contribution in [0.2, 0.25) is 0 Å². The third-order valence-electron chi connectivity index (χ3n) is 8.53. The average molecular weight is 499 g/mol. The van der Waals surface area contributed by atoms with Crippen molar-refractivity contribution in [1.29, 1.82) is 0 Å². The first-order valence-electron chi connectivity index (χ1n) is 13.7. The van der Waals surface area contributed by atoms with Crippen molar-refractivity contribution in [3.05, 3.63) is 174 Å². The van der Waals surface area contributed by atoms with Gasteiger partial charge in [0.1, 0.15) is 0 Å². The Labute approximate surface area is 231 Å². The maximum absolute atomic E-state index is 4.00. The van der Waals surface area contributed by atoms with Gasteiger partial charge < -0.3 is 0 Å². The summed E-state index contributed by atoms with van der Waals surface area (Å²) in [5, 5.41) is 0. The number of hydrogen-bond donors (Lipinski definition) is 0. The van der Waals surface area contributed by atoms with Crippen LogP contribution in [0.1, 0.15) is 40.3 Å². The maximum Gasteiger partial charge on any atom is 0.0725 e. The molecule has 0 heterocycles. The van der Waals surface area contributed by atoms with Crippen LogP contribution < -0.4 is 0 Å². The highest BCUT2D eigenvalue weighted by molar-refractivity contribution is 5.96. The summed E-state index contributed by atoms with van der Waals surface area (Å²) in [4.78, 5) is 0. The molecule has 5 aromatic carbocycles. The van der Waals surface area contributed by atoms with E-state index in [-0.39, 0.29) is 5.41 Å². The molecular weight excluding hydrogens is 468 g/mol. The van der Waals surface area contributed by atoms with Crippen LogP contribution in [-0.2, 0) is 11.8 Å². The molecule has 0 unspecified atom stereocenters. The van der Waals surface area contributed by atoms with Crippen LogP contribution in [0.15, 0.2) is 141 Å². The lowest BCUT2D eigenvalue weighted by Gasteiger charge is -2.30. The van der Waals surface area contributed by atoms with Gasteiger partial charge in [-0.1, -0.05) is 122 Å². The van der Waals surface area contributed by atoms with E-state index in [4.69, 9.17) is 0 Å². The van der Waals surface area contributed by atoms with Crippen molar-refractivity contribution in [2.75, 3.05) is 0 Å². The molecule has 0 nitrogen and oxygen atoms in total. The number of fused-ring (bicyclic) bond motifs is 10. The van der Waals surface area contributed by atoms with Gasteiger partial charge in [-0.2, -0.15) is 0 Å². The minimum atomic E-state index is -0.324. The highest BCUT2D eigenvalue weighted by Gasteiger charge is 2.51. The topological polar surface area (TPSA) is 0 Å². The molecule has 0 saturated heterocycles. The van der Waals surface area contributed by atoms with E-state index in [2.05, 4.69) is 135 Å². The lowest BCUT2D eigenvalue weighted by atomic mass is 9.70. The molecule has 0 aromatic heterocycles. The fourth-order valence-electron chi connectivity index (χ4n) is 6.92. The third-order valence-corrected chi connectivity index (χ3v) is 8.53. The second kappa shape index (κ2) is 8.96. The maximum atomic E-state index is 4.00. The quantitative estimate of drug-likeness (QED) is 0.164. The Kier molecular flexibility index (Phi) is 5.39. The van der Waals surface area contributed by atoms with Crippen molar-refractivity contribution in [3.8, 4) is 33.4 Å². The van der Waals surface area contributed by atoms with Crippen LogP contribution in [0, 0.1) is 0 Å². The molecule has 1 spiro atoms. The lowest BCUT2D eigenvalue weighted by Crippen LogP contribution is -2.25. The number of allylic oxidation sites excluding steroid dienone is 4. The third kappa shape index (κ3) is 3.31. The predicted molar refractivity (Wildman–Crippen MR) is 166 cm³/mol. The van der Waals surface area contributed by atoms with Gasteiger partial charge in [-0.05, 0) is 97.8 Å². The van der Waals surface area contributed by atoms with Crippen LogP contribution in [0.4, 0.5) is 0 Å². The van der Waals surface area contributed by atoms with E-state index in [9.17, 15) is 0 Å². The Morgan fingerprint density at radius 3 is 1.74 bits per heavy atom. The van der Waals surface area contributed by atoms with Gasteiger partial charge in [0.2, 0.25) is 0 Å². The molecule has 7 rings (SSSR count). The van der Waals surface area contributed by atoms with Gasteiger partial charge >= 0.3 is 0 Å². The summed E-state index contributed by atoms with van der Waals surface area (Å²) in [5.74, 6) is 0. The minimum Gasteiger partial charge on any atom is -0.103 e. The summed E-state index contributed by atoms with van der Waals surface area (Å²) in [6.45, 7) is 10.1. The van der Waals surface area contributed by atoms with Gasteiger partial charge in [-0.25, -0.2) is 0 Å². The smallest absolute Gasteiger partial charge is 0.0725 e. The summed E-state index contributed by atoms with van der Waals surface area (Å²) in [5.41, 5.74) is 16.7. The van der Waals surface area contributed by atoms with Gasteiger partial charge in [-0.15, -0.1) is 6.58 Å². The fourth-order valence-corrected chi connectivity index (χ4v) is 6.92. The first kappa shape index (κ1) is 23.4. The zero-order valence-corrected chi connectivity index (χ0v) is 22.2. The van der Waals surface area contributed by atoms with Crippen molar-refractivity contribution in [2.24, 2.45) is 0 Å². The lowest BCUT2D eigenvalue weighted by molar-refractivity contribution is 0.794. The van der Waals surface area contributed by atoms with E-state index in [1.165, 1.54) is 72.3 Å². The molecule has 5 aromatic rings. The van der Waals surface area contributed by atoms with Crippen molar-refractivity contribution >= 4 is 5.57 Å². The molecular formula is C39H30. The normalized spacial score (nSPS) is 13.9. The first-order chi connectivity index (χ1) is 19.2. The van der Waals surface area contributed by atoms with Crippen LogP contribution >= 0.6 is 0 Å². The summed E-state index contributed by atoms with van der Waals surface area (Å²) in [7, 11) is 0. The Balaban J connectivity index is 1.53. The molecule has 0 amide bonds. The fraction of sp³-hybridized carbons (Fsp3) is 0.0769. The Morgan fingerprint density at radius 2 is 1.18 bits per heavy atom. The monoisotopic (exact) mass is 498 g/mol. The highest BCUT2D eigenvalue weighted by atomic mass is 14.5. The summed E-state index contributed by atoms with van der Waals surface area (Å²) < 4.78 is 0. The standard InChI is InChI=1S/C39H30/c1-4-12-26(3)29-22-27(13-5-2)23-30(24-29)28-20-21-34-33-16-8-11-19-37(33)39(38(34)25-28)35-17-9-6-14-31(35)32-15-7-10-18-36(32)39/h4-12,14-25H,1-2,13H2,3H3. The Bertz CT molecular complexity index is 1760. The van der Waals surface area contributed by atoms with E-state index in [1.807, 2.05) is 12.2 Å². The zero-order chi connectivity index (χ0) is 26.6. The molecule has 2 aliphatic carbocycles. The summed E-state index contributed by atoms with van der Waals surface area (Å²) in [6, 6.07) is 40.9. The van der Waals surface area contributed by atoms with Crippen LogP contribution in [0.25, 0.3) is 39.0 Å². The molecule has 0 atom stereocenters. The summed E-state index contributed by atoms with van der Waals surface area (Å²) in [6.07, 6.45) is 6.76. The van der Waals surface area contributed by atoms with Crippen LogP contribution in [0.5, 0.6) is 0 Å². The molecule has 186 valence electrons. The highest BCUT2D eigenvalue weighted by Crippen LogP contribution is 2.62. The van der Waals surface area contributed by atoms with Gasteiger partial charge in [0.05, 0.1) is 5.41 Å². The first-order valence-corrected chi connectivity index (χ1v) is 13.7. The average Bonchev–Trinajstić information content (AvgIpc) is 3.44. The van der Waals surface area contributed by atoms with E-state index in [0.717, 1.165) is 6.42 Å². The molecule has 0 bridgehead atoms. The second-order valence-electron chi connectivity index (χ2n) is 10.6. The van der Waals surface area contributed by atoms with Gasteiger partial charge in [0.25, 0.3) is 0 Å². The Morgan fingerprint density at radius 1 is 0.615 bits per heavy atom. The number of benzene rings is 5. The van der Waals surface area contributed by atoms with Crippen molar-refractivity contribution < 1.29 is 0 Å². The Hall–Kier alpha value is -4.68. The molecule has 0 fully saturated rings. The van der Waals surface area contributed by atoms with Crippen molar-refractivity contribution in [3.63, 3.8) is 0 Å². The van der Waals surface area contributed by atoms with Crippen LogP contribution in [0.3, 0.4) is 0 Å². The van der Waals surface area contributed by atoms with Crippen LogP contribution in [-0.4, -0.2) is 0 Å². The molecule has 2 aliphatic rings. The zero-order valence-electron chi connectivity index (χ0n) is 22.2. The molecule has 0 heteroatoms. The predicted octanol–water partition coefficient (Wildman–Crippen LogP) is 10.0. The van der Waals surface area contributed by atoms with E-state index in [0.29, 0.717) is 0 Å². The molecule has 0 radical (unpaired) electrons. The van der Waals surface area contributed by atoms with Gasteiger partial charge in [-0.3, -0.25) is 0 Å². The van der Waals surface area contributed by atoms with Gasteiger partial charge in [0.15, 0.2) is 0 Å². The molecule has 0 aliphatic heterocycles. The van der Waals surface area contributed by atoms with Crippen molar-refractivity contribution in [1.82, 2.24) is 0 Å². The minimum absolute atomic E-state index is 0.324. The SMILES string of the molecule is C=CC=C(C)c1cc(CC=C)cc(-c2ccc3c(c2)C2(c4ccccc4-c4ccccc42)c2ccccc2-3)c1. The largest absolute Gasteiger partial charge is 0.103 e. The summed E-state index contributed by atoms with van der Waals surface area (Å²) >= 11 is 0.